The third-order valence-electron chi connectivity index (χ3n) is 9.98. The molecule has 3 aliphatic heterocycles. The molecule has 25 nitrogen and oxygen atoms in total. The van der Waals surface area contributed by atoms with Crippen LogP contribution in [0.5, 0.6) is 0 Å². The van der Waals surface area contributed by atoms with Gasteiger partial charge in [-0.1, -0.05) is 18.2 Å². The number of benzene rings is 1. The molecule has 3 aliphatic rings. The van der Waals surface area contributed by atoms with E-state index in [0.717, 1.165) is 22.6 Å². The van der Waals surface area contributed by atoms with Crippen molar-refractivity contribution in [3.63, 3.8) is 0 Å². The second-order valence-corrected chi connectivity index (χ2v) is 19.0. The maximum atomic E-state index is 14.3. The number of imidazole rings is 1. The molecule has 2 saturated heterocycles. The second-order valence-electron chi connectivity index (χ2n) is 14.3. The minimum atomic E-state index is -5.21. The number of anilines is 1. The number of nitrogens with zero attached hydrogens (tertiary/aromatic N) is 7. The summed E-state index contributed by atoms with van der Waals surface area (Å²) in [7, 11) is -10.3. The van der Waals surface area contributed by atoms with Gasteiger partial charge in [0, 0.05) is 23.9 Å². The number of nitrogens with two attached hydrogens (primary N) is 2. The Labute approximate surface area is 377 Å². The first-order valence-electron chi connectivity index (χ1n) is 19.4. The van der Waals surface area contributed by atoms with Gasteiger partial charge in [-0.05, 0) is 36.4 Å². The molecule has 0 spiro atoms. The summed E-state index contributed by atoms with van der Waals surface area (Å²) in [4.78, 5) is 79.6. The number of carbonyl (C=O) groups excluding carboxylic acids is 2. The van der Waals surface area contributed by atoms with Crippen LogP contribution in [0, 0.1) is 0 Å². The molecule has 1 aromatic carbocycles. The number of hydrogen-bond acceptors (Lipinski definition) is 22. The van der Waals surface area contributed by atoms with E-state index < -0.39 is 84.2 Å². The number of phosphoric acid groups is 2. The van der Waals surface area contributed by atoms with Gasteiger partial charge in [0.2, 0.25) is 12.3 Å². The molecule has 0 radical (unpaired) electrons. The van der Waals surface area contributed by atoms with Gasteiger partial charge in [-0.15, -0.1) is 29.7 Å². The molecule has 29 heteroatoms. The zero-order chi connectivity index (χ0) is 46.6. The standard InChI is InChI=1S/C36H44N10O15P2S2/c1-3-4-5-24(47)39-13-25-44-27(31(65-25)18-6-8-19(64-2)9-7-18)35(49)60-30-22(59-34(29(30)48)46-17-42-28-32(38)40-16-41-33(28)46)15-57-63(54,55)61-20-12-26(45-11-10-23(37)43-36(45)50)58-21(20)14-56-62(51,52)53/h3,6-11,16-17,20-22,26,29-30,34,36,48,50H,1,4-5,12-15H2,2H3,(H2,37,43)(H,39,47)(H,54,55)(H2,38,40,41)(H2,51,52,53)/t20?,21-,22-,26-,29?,30?,34-,36?/m1/s1. The Morgan fingerprint density at radius 2 is 1.83 bits per heavy atom. The number of aliphatic hydroxyl groups excluding tert-OH is 2. The number of amides is 1. The Bertz CT molecular complexity index is 2540. The van der Waals surface area contributed by atoms with E-state index in [2.05, 4.69) is 41.3 Å². The molecule has 350 valence electrons. The topological polar surface area (TPSA) is 361 Å². The largest absolute Gasteiger partial charge is 0.472 e. The van der Waals surface area contributed by atoms with Crippen molar-refractivity contribution in [3.05, 3.63) is 72.6 Å². The van der Waals surface area contributed by atoms with E-state index in [1.54, 1.807) is 18.2 Å². The minimum Gasteiger partial charge on any atom is -0.452 e. The van der Waals surface area contributed by atoms with E-state index in [1.807, 2.05) is 18.4 Å². The van der Waals surface area contributed by atoms with Crippen LogP contribution >= 0.6 is 38.7 Å². The van der Waals surface area contributed by atoms with Crippen LogP contribution in [0.15, 0.2) is 71.7 Å². The fourth-order valence-corrected chi connectivity index (χ4v) is 9.59. The van der Waals surface area contributed by atoms with Gasteiger partial charge in [-0.3, -0.25) is 22.9 Å². The van der Waals surface area contributed by atoms with Crippen molar-refractivity contribution in [2.75, 3.05) is 25.2 Å². The molecule has 2 fully saturated rings. The smallest absolute Gasteiger partial charge is 0.452 e. The Kier molecular flexibility index (Phi) is 15.2. The number of carbonyl (C=O) groups is 2. The molecule has 1 amide bonds. The summed E-state index contributed by atoms with van der Waals surface area (Å²) >= 11 is 2.64. The molecular weight excluding hydrogens is 939 g/mol. The number of aliphatic hydroxyl groups is 2. The van der Waals surface area contributed by atoms with Crippen molar-refractivity contribution in [2.24, 2.45) is 10.7 Å². The summed E-state index contributed by atoms with van der Waals surface area (Å²) in [6.45, 7) is 1.92. The summed E-state index contributed by atoms with van der Waals surface area (Å²) in [6, 6.07) is 7.27. The number of phosphoric ester groups is 2. The Morgan fingerprint density at radius 1 is 1.08 bits per heavy atom. The molecule has 4 aromatic rings. The Hall–Kier alpha value is -4.70. The van der Waals surface area contributed by atoms with Gasteiger partial charge in [-0.2, -0.15) is 0 Å². The number of ether oxygens (including phenoxy) is 3. The average Bonchev–Trinajstić information content (AvgIpc) is 4.05. The number of amidine groups is 1. The summed E-state index contributed by atoms with van der Waals surface area (Å²) in [5.41, 5.74) is 12.4. The van der Waals surface area contributed by atoms with Crippen molar-refractivity contribution in [2.45, 2.75) is 80.0 Å². The SMILES string of the molecule is C=CCCC(=O)NCc1nc(C(=O)OC2C(O)[C@H](n3cnc4c(N)ncnc43)O[C@@H]2COP(=O)(O)OC2C[C@H](N3C=CC(N)=NC3O)O[C@@H]2COP(=O)(O)O)c(-c2ccc(SC)cc2)s1. The third-order valence-corrected chi connectivity index (χ3v) is 13.3. The molecule has 3 aromatic heterocycles. The van der Waals surface area contributed by atoms with Crippen molar-refractivity contribution in [3.8, 4) is 10.4 Å². The zero-order valence-electron chi connectivity index (χ0n) is 34.1. The van der Waals surface area contributed by atoms with Gasteiger partial charge < -0.3 is 60.8 Å². The van der Waals surface area contributed by atoms with Crippen LogP contribution in [0.25, 0.3) is 21.6 Å². The van der Waals surface area contributed by atoms with E-state index >= 15 is 0 Å². The van der Waals surface area contributed by atoms with Gasteiger partial charge in [0.15, 0.2) is 29.5 Å². The number of nitrogen functional groups attached to an aromatic ring is 1. The minimum absolute atomic E-state index is 0.00323. The van der Waals surface area contributed by atoms with Crippen molar-refractivity contribution >= 4 is 73.4 Å². The maximum Gasteiger partial charge on any atom is 0.472 e. The van der Waals surface area contributed by atoms with E-state index in [1.165, 1.54) is 39.8 Å². The zero-order valence-corrected chi connectivity index (χ0v) is 37.5. The van der Waals surface area contributed by atoms with Gasteiger partial charge in [-0.25, -0.2) is 38.9 Å². The lowest BCUT2D eigenvalue weighted by molar-refractivity contribution is -0.121. The number of aliphatic imine (C=N–C) groups is 1. The summed E-state index contributed by atoms with van der Waals surface area (Å²) in [5.74, 6) is -1.28. The lowest BCUT2D eigenvalue weighted by Gasteiger charge is -2.31. The molecule has 10 N–H and O–H groups in total. The number of thioether (sulfide) groups is 1. The summed E-state index contributed by atoms with van der Waals surface area (Å²) in [5, 5.41) is 25.4. The molecule has 0 bridgehead atoms. The fraction of sp³-hybridized carbons (Fsp3) is 0.417. The monoisotopic (exact) mass is 982 g/mol. The fourth-order valence-electron chi connectivity index (χ4n) is 6.89. The molecule has 6 heterocycles. The van der Waals surface area contributed by atoms with E-state index in [-0.39, 0.29) is 53.8 Å². The van der Waals surface area contributed by atoms with Crippen LogP contribution in [-0.2, 0) is 48.3 Å². The lowest BCUT2D eigenvalue weighted by atomic mass is 10.1. The highest BCUT2D eigenvalue weighted by Crippen LogP contribution is 2.49. The second kappa shape index (κ2) is 20.4. The molecule has 9 atom stereocenters. The third kappa shape index (κ3) is 11.6. The number of rotatable bonds is 19. The first-order valence-corrected chi connectivity index (χ1v) is 24.5. The predicted molar refractivity (Wildman–Crippen MR) is 230 cm³/mol. The first kappa shape index (κ1) is 48.2. The van der Waals surface area contributed by atoms with E-state index in [9.17, 15) is 43.6 Å². The van der Waals surface area contributed by atoms with Crippen LogP contribution in [0.3, 0.4) is 0 Å². The van der Waals surface area contributed by atoms with Gasteiger partial charge in [0.05, 0.1) is 31.0 Å². The number of nitrogens with one attached hydrogen (secondary N) is 1. The van der Waals surface area contributed by atoms with Gasteiger partial charge in [0.25, 0.3) is 0 Å². The van der Waals surface area contributed by atoms with Gasteiger partial charge >= 0.3 is 21.6 Å². The highest BCUT2D eigenvalue weighted by molar-refractivity contribution is 7.98. The van der Waals surface area contributed by atoms with Crippen LogP contribution in [0.1, 0.15) is 41.0 Å². The van der Waals surface area contributed by atoms with Crippen molar-refractivity contribution in [1.82, 2.24) is 34.7 Å². The number of hydrogen-bond donors (Lipinski definition) is 8. The molecule has 65 heavy (non-hydrogen) atoms. The van der Waals surface area contributed by atoms with Crippen molar-refractivity contribution in [1.29, 1.82) is 0 Å². The molecule has 5 unspecified atom stereocenters. The number of thiazole rings is 1. The van der Waals surface area contributed by atoms with Crippen molar-refractivity contribution < 1.29 is 71.4 Å². The normalized spacial score (nSPS) is 25.4. The molecule has 0 aliphatic carbocycles. The Balaban J connectivity index is 1.14. The highest BCUT2D eigenvalue weighted by Gasteiger charge is 2.50. The maximum absolute atomic E-state index is 14.3. The number of allylic oxidation sites excluding steroid dienone is 1. The average molecular weight is 983 g/mol. The van der Waals surface area contributed by atoms with E-state index in [0.29, 0.717) is 21.9 Å². The van der Waals surface area contributed by atoms with E-state index in [4.69, 9.17) is 34.7 Å². The quantitative estimate of drug-likeness (QED) is 0.0286. The Morgan fingerprint density at radius 3 is 2.54 bits per heavy atom. The summed E-state index contributed by atoms with van der Waals surface area (Å²) < 4.78 is 59.9. The molecule has 0 saturated carbocycles. The van der Waals surface area contributed by atoms with Crippen LogP contribution < -0.4 is 16.8 Å². The summed E-state index contributed by atoms with van der Waals surface area (Å²) in [6.07, 6.45) is -2.81. The highest BCUT2D eigenvalue weighted by atomic mass is 32.2. The van der Waals surface area contributed by atoms with Crippen LogP contribution in [-0.4, -0.2) is 135 Å². The van der Waals surface area contributed by atoms with Crippen LogP contribution in [0.2, 0.25) is 0 Å². The van der Waals surface area contributed by atoms with Gasteiger partial charge in [0.1, 0.15) is 53.3 Å². The number of fused-ring (bicyclic) bond motifs is 1. The predicted octanol–water partition coefficient (Wildman–Crippen LogP) is 1.51. The molecular formula is C36H44N10O15P2S2. The van der Waals surface area contributed by atoms with Crippen LogP contribution in [0.4, 0.5) is 5.82 Å². The number of aromatic nitrogens is 5. The lowest BCUT2D eigenvalue weighted by Crippen LogP contribution is -2.41. The number of esters is 1. The molecule has 7 rings (SSSR count). The first-order chi connectivity index (χ1) is 30.9.